The number of carbonyl (C=O) groups is 1. The molecule has 1 atom stereocenters. The molecule has 0 spiro atoms. The molecule has 0 saturated heterocycles. The van der Waals surface area contributed by atoms with Crippen LogP contribution in [0.15, 0.2) is 65.6 Å². The van der Waals surface area contributed by atoms with Crippen molar-refractivity contribution in [2.75, 3.05) is 10.8 Å². The van der Waals surface area contributed by atoms with Crippen LogP contribution >= 0.6 is 0 Å². The minimum absolute atomic E-state index is 0.0290. The Balaban J connectivity index is 1.58. The standard InChI is InChI=1S/C26H20F6N2O5S/c27-25(28,29)17-3-1-4-18(12-17)40(37,38)34-13-22(15-9-16(10-15)24(35)36)39-21-8-7-14(11-20(21)34)19-5-2-6-23(33-19)26(30,31)32/h1-8,11-12,15-16,22H,9-10,13H2,(H,35,36)/t15-,16+,22-/m1/s1. The fourth-order valence-corrected chi connectivity index (χ4v) is 6.31. The number of ether oxygens (including phenoxy) is 1. The molecule has 212 valence electrons. The van der Waals surface area contributed by atoms with Gasteiger partial charge in [0.1, 0.15) is 17.5 Å². The number of benzene rings is 2. The molecule has 1 aliphatic heterocycles. The molecule has 2 aliphatic rings. The van der Waals surface area contributed by atoms with E-state index in [4.69, 9.17) is 4.74 Å². The van der Waals surface area contributed by atoms with Gasteiger partial charge in [0.2, 0.25) is 0 Å². The van der Waals surface area contributed by atoms with Crippen LogP contribution in [0.5, 0.6) is 5.75 Å². The van der Waals surface area contributed by atoms with E-state index >= 15 is 0 Å². The highest BCUT2D eigenvalue weighted by atomic mass is 32.2. The monoisotopic (exact) mass is 586 g/mol. The van der Waals surface area contributed by atoms with Crippen molar-refractivity contribution in [1.82, 2.24) is 4.98 Å². The van der Waals surface area contributed by atoms with Crippen LogP contribution in [0.25, 0.3) is 11.3 Å². The largest absolute Gasteiger partial charge is 0.486 e. The van der Waals surface area contributed by atoms with E-state index < -0.39 is 56.5 Å². The maximum atomic E-state index is 13.8. The Morgan fingerprint density at radius 3 is 2.30 bits per heavy atom. The van der Waals surface area contributed by atoms with E-state index in [-0.39, 0.29) is 48.0 Å². The highest BCUT2D eigenvalue weighted by molar-refractivity contribution is 7.92. The number of sulfonamides is 1. The molecule has 40 heavy (non-hydrogen) atoms. The number of carboxylic acids is 1. The highest BCUT2D eigenvalue weighted by Crippen LogP contribution is 2.45. The van der Waals surface area contributed by atoms with Crippen LogP contribution in [0.1, 0.15) is 24.1 Å². The third-order valence-corrected chi connectivity index (χ3v) is 8.76. The summed E-state index contributed by atoms with van der Waals surface area (Å²) in [5.74, 6) is -1.93. The highest BCUT2D eigenvalue weighted by Gasteiger charge is 2.45. The molecule has 14 heteroatoms. The molecule has 0 bridgehead atoms. The third kappa shape index (κ3) is 5.19. The minimum atomic E-state index is -4.81. The van der Waals surface area contributed by atoms with Crippen molar-refractivity contribution < 1.29 is 49.4 Å². The molecule has 1 aromatic heterocycles. The third-order valence-electron chi connectivity index (χ3n) is 6.99. The number of fused-ring (bicyclic) bond motifs is 1. The number of aromatic nitrogens is 1. The summed E-state index contributed by atoms with van der Waals surface area (Å²) in [5.41, 5.74) is -2.43. The topological polar surface area (TPSA) is 96.8 Å². The van der Waals surface area contributed by atoms with Gasteiger partial charge in [-0.2, -0.15) is 26.3 Å². The van der Waals surface area contributed by atoms with Gasteiger partial charge in [-0.05, 0) is 67.3 Å². The second-order valence-corrected chi connectivity index (χ2v) is 11.4. The number of alkyl halides is 6. The van der Waals surface area contributed by atoms with Gasteiger partial charge in [0.15, 0.2) is 0 Å². The summed E-state index contributed by atoms with van der Waals surface area (Å²) in [5, 5.41) is 9.22. The first-order chi connectivity index (χ1) is 18.6. The summed E-state index contributed by atoms with van der Waals surface area (Å²) in [6.45, 7) is -0.345. The number of aliphatic carboxylic acids is 1. The summed E-state index contributed by atoms with van der Waals surface area (Å²) in [6, 6.07) is 10.4. The van der Waals surface area contributed by atoms with Gasteiger partial charge in [0.25, 0.3) is 10.0 Å². The van der Waals surface area contributed by atoms with Crippen molar-refractivity contribution in [1.29, 1.82) is 0 Å². The molecule has 1 saturated carbocycles. The number of pyridine rings is 1. The molecule has 0 radical (unpaired) electrons. The first-order valence-electron chi connectivity index (χ1n) is 11.9. The van der Waals surface area contributed by atoms with E-state index in [1.165, 1.54) is 24.3 Å². The number of hydrogen-bond donors (Lipinski definition) is 1. The van der Waals surface area contributed by atoms with Crippen LogP contribution in [-0.4, -0.2) is 37.1 Å². The average Bonchev–Trinajstić information content (AvgIpc) is 2.86. The lowest BCUT2D eigenvalue weighted by molar-refractivity contribution is -0.148. The smallest absolute Gasteiger partial charge is 0.433 e. The van der Waals surface area contributed by atoms with Crippen LogP contribution in [-0.2, 0) is 27.2 Å². The van der Waals surface area contributed by atoms with E-state index in [1.807, 2.05) is 0 Å². The van der Waals surface area contributed by atoms with Crippen molar-refractivity contribution in [2.45, 2.75) is 36.2 Å². The number of halogens is 6. The molecule has 2 aromatic carbocycles. The van der Waals surface area contributed by atoms with Crippen molar-refractivity contribution in [3.8, 4) is 17.0 Å². The molecule has 3 aromatic rings. The predicted octanol–water partition coefficient (Wildman–Crippen LogP) is 5.85. The Bertz CT molecular complexity index is 1570. The fraction of sp³-hybridized carbons (Fsp3) is 0.308. The SMILES string of the molecule is O=C(O)[C@H]1C[C@@H]([C@H]2CN(S(=O)(=O)c3cccc(C(F)(F)F)c3)c3cc(-c4cccc(C(F)(F)F)n4)ccc3O2)C1. The Kier molecular flexibility index (Phi) is 6.71. The van der Waals surface area contributed by atoms with Gasteiger partial charge >= 0.3 is 18.3 Å². The predicted molar refractivity (Wildman–Crippen MR) is 129 cm³/mol. The van der Waals surface area contributed by atoms with E-state index in [0.29, 0.717) is 6.07 Å². The van der Waals surface area contributed by atoms with Gasteiger partial charge in [-0.1, -0.05) is 12.1 Å². The summed E-state index contributed by atoms with van der Waals surface area (Å²) in [4.78, 5) is 14.3. The van der Waals surface area contributed by atoms with Gasteiger partial charge < -0.3 is 9.84 Å². The fourth-order valence-electron chi connectivity index (χ4n) is 4.79. The molecule has 2 heterocycles. The number of carboxylic acid groups (broad SMARTS) is 1. The summed E-state index contributed by atoms with van der Waals surface area (Å²) >= 11 is 0. The van der Waals surface area contributed by atoms with Gasteiger partial charge in [-0.15, -0.1) is 0 Å². The lowest BCUT2D eigenvalue weighted by Gasteiger charge is -2.43. The number of hydrogen-bond acceptors (Lipinski definition) is 5. The van der Waals surface area contributed by atoms with Gasteiger partial charge in [-0.25, -0.2) is 13.4 Å². The normalized spacial score (nSPS) is 21.2. The lowest BCUT2D eigenvalue weighted by Crippen LogP contribution is -2.50. The average molecular weight is 587 g/mol. The Morgan fingerprint density at radius 2 is 1.65 bits per heavy atom. The Hall–Kier alpha value is -3.81. The van der Waals surface area contributed by atoms with Gasteiger partial charge in [0.05, 0.1) is 34.3 Å². The number of rotatable bonds is 5. The van der Waals surface area contributed by atoms with E-state index in [0.717, 1.165) is 34.6 Å². The molecule has 5 rings (SSSR count). The molecular formula is C26H20F6N2O5S. The van der Waals surface area contributed by atoms with Crippen LogP contribution in [0.4, 0.5) is 32.0 Å². The van der Waals surface area contributed by atoms with Crippen molar-refractivity contribution in [3.63, 3.8) is 0 Å². The van der Waals surface area contributed by atoms with Crippen LogP contribution in [0, 0.1) is 11.8 Å². The summed E-state index contributed by atoms with van der Waals surface area (Å²) < 4.78 is 114. The quantitative estimate of drug-likeness (QED) is 0.377. The molecule has 0 amide bonds. The van der Waals surface area contributed by atoms with Crippen molar-refractivity contribution in [3.05, 3.63) is 71.9 Å². The second-order valence-electron chi connectivity index (χ2n) is 9.57. The maximum absolute atomic E-state index is 13.8. The lowest BCUT2D eigenvalue weighted by atomic mass is 9.72. The summed E-state index contributed by atoms with van der Waals surface area (Å²) in [7, 11) is -4.63. The van der Waals surface area contributed by atoms with Crippen LogP contribution in [0.3, 0.4) is 0 Å². The number of anilines is 1. The molecule has 1 fully saturated rings. The zero-order valence-electron chi connectivity index (χ0n) is 20.3. The number of nitrogens with zero attached hydrogens (tertiary/aromatic N) is 2. The first-order valence-corrected chi connectivity index (χ1v) is 13.4. The Labute approximate surface area is 224 Å². The first kappa shape index (κ1) is 27.7. The van der Waals surface area contributed by atoms with Gasteiger partial charge in [-0.3, -0.25) is 9.10 Å². The second kappa shape index (κ2) is 9.68. The molecule has 1 N–H and O–H groups in total. The molecule has 1 aliphatic carbocycles. The van der Waals surface area contributed by atoms with E-state index in [2.05, 4.69) is 4.98 Å². The molecule has 7 nitrogen and oxygen atoms in total. The van der Waals surface area contributed by atoms with Crippen molar-refractivity contribution in [2.24, 2.45) is 11.8 Å². The Morgan fingerprint density at radius 1 is 0.950 bits per heavy atom. The zero-order chi connectivity index (χ0) is 29.0. The van der Waals surface area contributed by atoms with E-state index in [9.17, 15) is 44.7 Å². The maximum Gasteiger partial charge on any atom is 0.433 e. The molecular weight excluding hydrogens is 566 g/mol. The minimum Gasteiger partial charge on any atom is -0.486 e. The van der Waals surface area contributed by atoms with Crippen LogP contribution in [0.2, 0.25) is 0 Å². The summed E-state index contributed by atoms with van der Waals surface area (Å²) in [6.07, 6.45) is -9.90. The van der Waals surface area contributed by atoms with Crippen molar-refractivity contribution >= 4 is 21.7 Å². The molecule has 0 unspecified atom stereocenters. The van der Waals surface area contributed by atoms with Gasteiger partial charge in [0, 0.05) is 5.56 Å². The van der Waals surface area contributed by atoms with E-state index in [1.54, 1.807) is 0 Å². The van der Waals surface area contributed by atoms with Crippen LogP contribution < -0.4 is 9.04 Å². The zero-order valence-corrected chi connectivity index (χ0v) is 21.1.